The van der Waals surface area contributed by atoms with E-state index in [0.717, 1.165) is 0 Å². The predicted molar refractivity (Wildman–Crippen MR) is 99.2 cm³/mol. The Morgan fingerprint density at radius 2 is 1.62 bits per heavy atom. The van der Waals surface area contributed by atoms with Gasteiger partial charge in [0.25, 0.3) is 5.91 Å². The van der Waals surface area contributed by atoms with Crippen LogP contribution in [0.25, 0.3) is 0 Å². The summed E-state index contributed by atoms with van der Waals surface area (Å²) in [5.74, 6) is -0.189. The molecule has 1 aliphatic heterocycles. The first-order valence-electron chi connectivity index (χ1n) is 8.68. The average Bonchev–Trinajstić information content (AvgIpc) is 2.58. The maximum atomic E-state index is 12.6. The van der Waals surface area contributed by atoms with E-state index >= 15 is 0 Å². The molecule has 0 aromatic heterocycles. The smallest absolute Gasteiger partial charge is 0.253 e. The molecule has 8 heteroatoms. The second kappa shape index (κ2) is 7.75. The lowest BCUT2D eigenvalue weighted by Crippen LogP contribution is -2.42. The van der Waals surface area contributed by atoms with Crippen LogP contribution in [-0.2, 0) is 14.8 Å². The summed E-state index contributed by atoms with van der Waals surface area (Å²) in [5.41, 5.74) is -0.138. The minimum Gasteiger partial charge on any atom is -0.359 e. The van der Waals surface area contributed by atoms with Gasteiger partial charge in [-0.1, -0.05) is 0 Å². The van der Waals surface area contributed by atoms with E-state index in [1.807, 2.05) is 0 Å². The molecule has 7 nitrogen and oxygen atoms in total. The third kappa shape index (κ3) is 5.04. The third-order valence-corrected chi connectivity index (χ3v) is 6.03. The first-order chi connectivity index (χ1) is 12.0. The van der Waals surface area contributed by atoms with Crippen LogP contribution in [0.1, 0.15) is 44.0 Å². The number of amides is 2. The summed E-state index contributed by atoms with van der Waals surface area (Å²) in [4.78, 5) is 26.1. The van der Waals surface area contributed by atoms with Gasteiger partial charge in [0.15, 0.2) is 0 Å². The van der Waals surface area contributed by atoms with Gasteiger partial charge in [0.1, 0.15) is 0 Å². The summed E-state index contributed by atoms with van der Waals surface area (Å²) >= 11 is 0. The van der Waals surface area contributed by atoms with Crippen molar-refractivity contribution in [1.82, 2.24) is 14.9 Å². The van der Waals surface area contributed by atoms with Gasteiger partial charge in [-0.3, -0.25) is 9.59 Å². The average molecular weight is 381 g/mol. The molecule has 1 aromatic carbocycles. The molecule has 1 aromatic rings. The first-order valence-corrected chi connectivity index (χ1v) is 10.2. The van der Waals surface area contributed by atoms with Crippen LogP contribution in [0.5, 0.6) is 0 Å². The van der Waals surface area contributed by atoms with Crippen molar-refractivity contribution in [2.45, 2.75) is 44.0 Å². The number of nitrogens with zero attached hydrogens (tertiary/aromatic N) is 1. The fraction of sp³-hybridized carbons (Fsp3) is 0.556. The number of nitrogens with one attached hydrogen (secondary N) is 2. The van der Waals surface area contributed by atoms with Crippen LogP contribution in [-0.4, -0.2) is 50.8 Å². The van der Waals surface area contributed by atoms with Gasteiger partial charge in [-0.15, -0.1) is 0 Å². The van der Waals surface area contributed by atoms with Crippen molar-refractivity contribution < 1.29 is 18.0 Å². The van der Waals surface area contributed by atoms with Crippen molar-refractivity contribution >= 4 is 21.8 Å². The van der Waals surface area contributed by atoms with Crippen LogP contribution in [0, 0.1) is 5.92 Å². The third-order valence-electron chi connectivity index (χ3n) is 4.25. The SMILES string of the molecule is CNC(=O)C1CCN(C(=O)c2ccc(S(=O)(=O)NC(C)(C)C)cc2)CC1. The molecule has 0 saturated carbocycles. The molecule has 1 heterocycles. The molecule has 0 bridgehead atoms. The van der Waals surface area contributed by atoms with Gasteiger partial charge in [-0.05, 0) is 57.9 Å². The lowest BCUT2D eigenvalue weighted by Gasteiger charge is -2.31. The van der Waals surface area contributed by atoms with E-state index in [-0.39, 0.29) is 22.6 Å². The largest absolute Gasteiger partial charge is 0.359 e. The van der Waals surface area contributed by atoms with E-state index in [9.17, 15) is 18.0 Å². The maximum Gasteiger partial charge on any atom is 0.253 e. The standard InChI is InChI=1S/C18H27N3O4S/c1-18(2,3)20-26(24,25)15-7-5-14(6-8-15)17(23)21-11-9-13(10-12-21)16(22)19-4/h5-8,13,20H,9-12H2,1-4H3,(H,19,22). The van der Waals surface area contributed by atoms with Crippen molar-refractivity contribution in [3.8, 4) is 0 Å². The molecule has 0 aliphatic carbocycles. The van der Waals surface area contributed by atoms with Crippen molar-refractivity contribution in [2.75, 3.05) is 20.1 Å². The number of hydrogen-bond acceptors (Lipinski definition) is 4. The fourth-order valence-corrected chi connectivity index (χ4v) is 4.39. The Bertz CT molecular complexity index is 759. The topological polar surface area (TPSA) is 95.6 Å². The second-order valence-corrected chi connectivity index (χ2v) is 9.24. The Hall–Kier alpha value is -1.93. The van der Waals surface area contributed by atoms with Gasteiger partial charge in [-0.2, -0.15) is 0 Å². The van der Waals surface area contributed by atoms with Crippen LogP contribution in [0.15, 0.2) is 29.2 Å². The summed E-state index contributed by atoms with van der Waals surface area (Å²) in [6.45, 7) is 6.34. The zero-order valence-electron chi connectivity index (χ0n) is 15.7. The second-order valence-electron chi connectivity index (χ2n) is 7.56. The fourth-order valence-electron chi connectivity index (χ4n) is 2.97. The highest BCUT2D eigenvalue weighted by atomic mass is 32.2. The molecule has 0 atom stereocenters. The Morgan fingerprint density at radius 1 is 1.08 bits per heavy atom. The molecule has 1 fully saturated rings. The number of sulfonamides is 1. The van der Waals surface area contributed by atoms with Crippen LogP contribution in [0.2, 0.25) is 0 Å². The first kappa shape index (κ1) is 20.4. The van der Waals surface area contributed by atoms with Crippen molar-refractivity contribution in [3.63, 3.8) is 0 Å². The monoisotopic (exact) mass is 381 g/mol. The quantitative estimate of drug-likeness (QED) is 0.823. The van der Waals surface area contributed by atoms with Gasteiger partial charge < -0.3 is 10.2 Å². The van der Waals surface area contributed by atoms with Crippen LogP contribution in [0.3, 0.4) is 0 Å². The molecule has 1 aliphatic rings. The summed E-state index contributed by atoms with van der Waals surface area (Å²) in [6.07, 6.45) is 1.26. The summed E-state index contributed by atoms with van der Waals surface area (Å²) in [5, 5.41) is 2.64. The van der Waals surface area contributed by atoms with Gasteiger partial charge in [0, 0.05) is 37.2 Å². The molecule has 1 saturated heterocycles. The van der Waals surface area contributed by atoms with E-state index in [0.29, 0.717) is 31.5 Å². The Balaban J connectivity index is 2.05. The highest BCUT2D eigenvalue weighted by Crippen LogP contribution is 2.20. The van der Waals surface area contributed by atoms with E-state index in [1.54, 1.807) is 32.7 Å². The normalized spacial score (nSPS) is 16.4. The molecule has 26 heavy (non-hydrogen) atoms. The number of carbonyl (C=O) groups is 2. The Morgan fingerprint density at radius 3 is 2.08 bits per heavy atom. The van der Waals surface area contributed by atoms with Gasteiger partial charge in [-0.25, -0.2) is 13.1 Å². The van der Waals surface area contributed by atoms with Crippen LogP contribution >= 0.6 is 0 Å². The summed E-state index contributed by atoms with van der Waals surface area (Å²) in [6, 6.07) is 5.95. The van der Waals surface area contributed by atoms with Gasteiger partial charge >= 0.3 is 0 Å². The molecular weight excluding hydrogens is 354 g/mol. The van der Waals surface area contributed by atoms with Crippen LogP contribution < -0.4 is 10.0 Å². The molecular formula is C18H27N3O4S. The molecule has 2 amide bonds. The highest BCUT2D eigenvalue weighted by molar-refractivity contribution is 7.89. The molecule has 2 N–H and O–H groups in total. The zero-order chi connectivity index (χ0) is 19.5. The van der Waals surface area contributed by atoms with Crippen molar-refractivity contribution in [2.24, 2.45) is 5.92 Å². The highest BCUT2D eigenvalue weighted by Gasteiger charge is 2.28. The number of likely N-dealkylation sites (tertiary alicyclic amines) is 1. The molecule has 0 spiro atoms. The predicted octanol–water partition coefficient (Wildman–Crippen LogP) is 1.36. The van der Waals surface area contributed by atoms with E-state index in [2.05, 4.69) is 10.0 Å². The number of rotatable bonds is 4. The number of carbonyl (C=O) groups excluding carboxylic acids is 2. The van der Waals surface area contributed by atoms with Gasteiger partial charge in [0.2, 0.25) is 15.9 Å². The number of benzene rings is 1. The lowest BCUT2D eigenvalue weighted by molar-refractivity contribution is -0.125. The lowest BCUT2D eigenvalue weighted by atomic mass is 9.95. The van der Waals surface area contributed by atoms with Crippen molar-refractivity contribution in [1.29, 1.82) is 0 Å². The Labute approximate surface area is 155 Å². The van der Waals surface area contributed by atoms with E-state index < -0.39 is 15.6 Å². The minimum atomic E-state index is -3.62. The molecule has 2 rings (SSSR count). The van der Waals surface area contributed by atoms with Crippen molar-refractivity contribution in [3.05, 3.63) is 29.8 Å². The summed E-state index contributed by atoms with van der Waals surface area (Å²) in [7, 11) is -2.01. The van der Waals surface area contributed by atoms with Gasteiger partial charge in [0.05, 0.1) is 4.90 Å². The minimum absolute atomic E-state index is 0.0120. The Kier molecular flexibility index (Phi) is 6.08. The molecule has 144 valence electrons. The van der Waals surface area contributed by atoms with Crippen LogP contribution in [0.4, 0.5) is 0 Å². The molecule has 0 radical (unpaired) electrons. The molecule has 0 unspecified atom stereocenters. The number of piperidine rings is 1. The summed E-state index contributed by atoms with van der Waals surface area (Å²) < 4.78 is 27.2. The zero-order valence-corrected chi connectivity index (χ0v) is 16.5. The van der Waals surface area contributed by atoms with E-state index in [1.165, 1.54) is 24.3 Å². The maximum absolute atomic E-state index is 12.6. The van der Waals surface area contributed by atoms with E-state index in [4.69, 9.17) is 0 Å². The number of hydrogen-bond donors (Lipinski definition) is 2.